The van der Waals surface area contributed by atoms with Crippen molar-refractivity contribution in [2.45, 2.75) is 44.2 Å². The van der Waals surface area contributed by atoms with Crippen molar-refractivity contribution < 1.29 is 18.5 Å². The van der Waals surface area contributed by atoms with Crippen molar-refractivity contribution in [1.82, 2.24) is 15.0 Å². The van der Waals surface area contributed by atoms with Gasteiger partial charge in [-0.2, -0.15) is 5.16 Å². The van der Waals surface area contributed by atoms with E-state index >= 15 is 0 Å². The molecular formula is C22H24FN3O4. The van der Waals surface area contributed by atoms with Gasteiger partial charge in [-0.05, 0) is 55.2 Å². The molecule has 0 aliphatic carbocycles. The molecule has 4 atom stereocenters. The number of amides is 2. The van der Waals surface area contributed by atoms with Crippen LogP contribution in [0.25, 0.3) is 0 Å². The zero-order valence-electron chi connectivity index (χ0n) is 16.6. The lowest BCUT2D eigenvalue weighted by Crippen LogP contribution is -2.66. The van der Waals surface area contributed by atoms with Crippen molar-refractivity contribution in [3.8, 4) is 0 Å². The number of carbonyl (C=O) groups is 2. The summed E-state index contributed by atoms with van der Waals surface area (Å²) in [6.45, 7) is 1.03. The van der Waals surface area contributed by atoms with E-state index in [0.29, 0.717) is 25.9 Å². The number of aromatic amines is 1. The van der Waals surface area contributed by atoms with Crippen LogP contribution in [0.1, 0.15) is 41.8 Å². The smallest absolute Gasteiger partial charge is 0.292 e. The summed E-state index contributed by atoms with van der Waals surface area (Å²) in [5.74, 6) is -0.114. The van der Waals surface area contributed by atoms with Gasteiger partial charge in [0.25, 0.3) is 11.5 Å². The number of piperidine rings is 3. The molecule has 1 aromatic carbocycles. The van der Waals surface area contributed by atoms with E-state index in [4.69, 9.17) is 4.52 Å². The van der Waals surface area contributed by atoms with Crippen LogP contribution in [-0.4, -0.2) is 51.9 Å². The summed E-state index contributed by atoms with van der Waals surface area (Å²) in [6.07, 6.45) is 3.83. The summed E-state index contributed by atoms with van der Waals surface area (Å²) in [6, 6.07) is 7.71. The van der Waals surface area contributed by atoms with E-state index in [1.807, 2.05) is 11.0 Å². The van der Waals surface area contributed by atoms with Crippen LogP contribution < -0.4 is 5.56 Å². The van der Waals surface area contributed by atoms with Gasteiger partial charge in [0.1, 0.15) is 5.82 Å². The number of nitrogens with zero attached hydrogens (tertiary/aromatic N) is 2. The normalized spacial score (nSPS) is 28.4. The second-order valence-electron chi connectivity index (χ2n) is 8.70. The molecule has 30 heavy (non-hydrogen) atoms. The number of fused-ring (bicyclic) bond motifs is 4. The molecule has 0 saturated carbocycles. The number of carbonyl (C=O) groups excluding carboxylic acids is 2. The van der Waals surface area contributed by atoms with Crippen LogP contribution in [0.4, 0.5) is 4.39 Å². The van der Waals surface area contributed by atoms with Gasteiger partial charge in [0.2, 0.25) is 11.7 Å². The quantitative estimate of drug-likeness (QED) is 0.836. The largest absolute Gasteiger partial charge is 0.373 e. The van der Waals surface area contributed by atoms with E-state index in [-0.39, 0.29) is 47.3 Å². The molecule has 158 valence electrons. The average molecular weight is 413 g/mol. The Kier molecular flexibility index (Phi) is 4.72. The molecule has 0 unspecified atom stereocenters. The minimum Gasteiger partial charge on any atom is -0.373 e. The number of hydrogen-bond acceptors (Lipinski definition) is 4. The number of halogens is 1. The number of nitrogens with one attached hydrogen (secondary N) is 1. The van der Waals surface area contributed by atoms with E-state index in [2.05, 4.69) is 5.16 Å². The second kappa shape index (κ2) is 7.41. The molecule has 1 aromatic heterocycles. The van der Waals surface area contributed by atoms with Crippen LogP contribution in [0, 0.1) is 17.7 Å². The van der Waals surface area contributed by atoms with Crippen LogP contribution in [-0.2, 0) is 11.2 Å². The number of likely N-dealkylation sites (tertiary alicyclic amines) is 1. The molecule has 1 N–H and O–H groups in total. The van der Waals surface area contributed by atoms with Crippen molar-refractivity contribution in [2.75, 3.05) is 13.1 Å². The molecule has 0 radical (unpaired) electrons. The molecule has 2 bridgehead atoms. The topological polar surface area (TPSA) is 86.6 Å². The lowest BCUT2D eigenvalue weighted by molar-refractivity contribution is -0.151. The van der Waals surface area contributed by atoms with Gasteiger partial charge in [-0.3, -0.25) is 14.4 Å². The maximum atomic E-state index is 13.8. The number of rotatable bonds is 3. The minimum atomic E-state index is -0.441. The first-order valence-corrected chi connectivity index (χ1v) is 10.5. The highest BCUT2D eigenvalue weighted by Crippen LogP contribution is 2.42. The molecule has 2 amide bonds. The van der Waals surface area contributed by atoms with Crippen LogP contribution in [0.3, 0.4) is 0 Å². The van der Waals surface area contributed by atoms with Gasteiger partial charge in [-0.15, -0.1) is 0 Å². The predicted molar refractivity (Wildman–Crippen MR) is 105 cm³/mol. The Morgan fingerprint density at radius 2 is 2.03 bits per heavy atom. The van der Waals surface area contributed by atoms with Gasteiger partial charge in [0, 0.05) is 31.6 Å². The summed E-state index contributed by atoms with van der Waals surface area (Å²) in [5, 5.41) is 2.17. The molecule has 7 nitrogen and oxygen atoms in total. The second-order valence-corrected chi connectivity index (χ2v) is 8.70. The SMILES string of the molecule is O=C(c1cc(=O)[nH]o1)N1C[C@H]2C[C@@H](C1)[C@H](Cc1cccc(F)c1)N1C(=O)CCC[C@@H]21. The van der Waals surface area contributed by atoms with Crippen LogP contribution >= 0.6 is 0 Å². The highest BCUT2D eigenvalue weighted by molar-refractivity contribution is 5.91. The molecular weight excluding hydrogens is 389 g/mol. The van der Waals surface area contributed by atoms with E-state index in [0.717, 1.165) is 24.8 Å². The Labute approximate surface area is 172 Å². The van der Waals surface area contributed by atoms with Crippen LogP contribution in [0.15, 0.2) is 39.6 Å². The van der Waals surface area contributed by atoms with Gasteiger partial charge in [-0.1, -0.05) is 12.1 Å². The van der Waals surface area contributed by atoms with Crippen molar-refractivity contribution in [2.24, 2.45) is 11.8 Å². The minimum absolute atomic E-state index is 0.0123. The van der Waals surface area contributed by atoms with Gasteiger partial charge in [0.05, 0.1) is 6.07 Å². The van der Waals surface area contributed by atoms with Crippen LogP contribution in [0.5, 0.6) is 0 Å². The van der Waals surface area contributed by atoms with E-state index in [9.17, 15) is 18.8 Å². The third kappa shape index (κ3) is 3.34. The van der Waals surface area contributed by atoms with Gasteiger partial charge in [0.15, 0.2) is 0 Å². The molecule has 3 aliphatic heterocycles. The van der Waals surface area contributed by atoms with E-state index in [1.54, 1.807) is 11.0 Å². The van der Waals surface area contributed by atoms with Crippen molar-refractivity contribution >= 4 is 11.8 Å². The molecule has 8 heteroatoms. The average Bonchev–Trinajstić information content (AvgIpc) is 3.17. The Hall–Kier alpha value is -2.90. The maximum absolute atomic E-state index is 13.8. The monoisotopic (exact) mass is 413 g/mol. The zero-order chi connectivity index (χ0) is 20.8. The molecule has 3 saturated heterocycles. The molecule has 3 aliphatic rings. The molecule has 5 rings (SSSR count). The predicted octanol–water partition coefficient (Wildman–Crippen LogP) is 2.19. The lowest BCUT2D eigenvalue weighted by Gasteiger charge is -2.56. The highest BCUT2D eigenvalue weighted by Gasteiger charge is 2.50. The van der Waals surface area contributed by atoms with E-state index in [1.165, 1.54) is 18.2 Å². The molecule has 4 heterocycles. The zero-order valence-corrected chi connectivity index (χ0v) is 16.6. The fourth-order valence-corrected chi connectivity index (χ4v) is 5.65. The number of H-pyrrole nitrogens is 1. The number of benzene rings is 1. The fraction of sp³-hybridized carbons (Fsp3) is 0.500. The summed E-state index contributed by atoms with van der Waals surface area (Å²) < 4.78 is 18.8. The van der Waals surface area contributed by atoms with Gasteiger partial charge >= 0.3 is 0 Å². The van der Waals surface area contributed by atoms with Crippen molar-refractivity contribution in [3.63, 3.8) is 0 Å². The Morgan fingerprint density at radius 1 is 1.20 bits per heavy atom. The maximum Gasteiger partial charge on any atom is 0.292 e. The summed E-state index contributed by atoms with van der Waals surface area (Å²) >= 11 is 0. The Balaban J connectivity index is 1.45. The van der Waals surface area contributed by atoms with Gasteiger partial charge < -0.3 is 14.3 Å². The summed E-state index contributed by atoms with van der Waals surface area (Å²) in [4.78, 5) is 41.0. The first-order valence-electron chi connectivity index (χ1n) is 10.5. The number of hydrogen-bond donors (Lipinski definition) is 1. The van der Waals surface area contributed by atoms with Gasteiger partial charge in [-0.25, -0.2) is 4.39 Å². The third-order valence-electron chi connectivity index (χ3n) is 6.85. The first kappa shape index (κ1) is 19.1. The third-order valence-corrected chi connectivity index (χ3v) is 6.85. The number of aromatic nitrogens is 1. The molecule has 0 spiro atoms. The van der Waals surface area contributed by atoms with Crippen LogP contribution in [0.2, 0.25) is 0 Å². The van der Waals surface area contributed by atoms with Crippen molar-refractivity contribution in [1.29, 1.82) is 0 Å². The molecule has 2 aromatic rings. The Morgan fingerprint density at radius 3 is 2.80 bits per heavy atom. The standard InChI is InChI=1S/C22H24FN3O4/c23-16-4-1-3-13(7-16)8-18-15-9-14(17-5-2-6-21(28)26(17)18)11-25(12-15)22(29)19-10-20(27)24-30-19/h1,3-4,7,10,14-15,17-18H,2,5-6,8-9,11-12H2,(H,24,27)/t14-,15+,17+,18+/m1/s1. The first-order chi connectivity index (χ1) is 14.5. The Bertz CT molecular complexity index is 1030. The lowest BCUT2D eigenvalue weighted by atomic mass is 9.70. The van der Waals surface area contributed by atoms with Crippen molar-refractivity contribution in [3.05, 3.63) is 57.8 Å². The fourth-order valence-electron chi connectivity index (χ4n) is 5.65. The highest BCUT2D eigenvalue weighted by atomic mass is 19.1. The molecule has 3 fully saturated rings. The summed E-state index contributed by atoms with van der Waals surface area (Å²) in [5.41, 5.74) is 0.416. The summed E-state index contributed by atoms with van der Waals surface area (Å²) in [7, 11) is 0. The van der Waals surface area contributed by atoms with E-state index < -0.39 is 5.56 Å².